The summed E-state index contributed by atoms with van der Waals surface area (Å²) in [6, 6.07) is 14.3. The number of rotatable bonds is 4. The van der Waals surface area contributed by atoms with Crippen LogP contribution in [0.1, 0.15) is 18.4 Å². The molecular formula is C19H19FN2O3. The van der Waals surface area contributed by atoms with E-state index in [0.717, 1.165) is 12.0 Å². The Bertz CT molecular complexity index is 734. The predicted molar refractivity (Wildman–Crippen MR) is 91.4 cm³/mol. The lowest BCUT2D eigenvalue weighted by Gasteiger charge is -2.23. The molecule has 1 aliphatic heterocycles. The topological polar surface area (TPSA) is 58.6 Å². The van der Waals surface area contributed by atoms with Crippen LogP contribution in [0, 0.1) is 5.82 Å². The first-order chi connectivity index (χ1) is 12.1. The number of benzene rings is 2. The molecule has 0 aliphatic carbocycles. The SMILES string of the molecule is O=C(Nc1ccc(F)cc1)[C@H]1CCCN1C(=O)OCc1ccccc1. The van der Waals surface area contributed by atoms with Crippen LogP contribution in [0.15, 0.2) is 54.6 Å². The summed E-state index contributed by atoms with van der Waals surface area (Å²) >= 11 is 0. The number of carbonyl (C=O) groups is 2. The van der Waals surface area contributed by atoms with Crippen molar-refractivity contribution in [3.63, 3.8) is 0 Å². The first kappa shape index (κ1) is 17.0. The average Bonchev–Trinajstić information content (AvgIpc) is 3.12. The number of hydrogen-bond donors (Lipinski definition) is 1. The van der Waals surface area contributed by atoms with Gasteiger partial charge in [-0.2, -0.15) is 0 Å². The Kier molecular flexibility index (Phi) is 5.28. The van der Waals surface area contributed by atoms with E-state index < -0.39 is 12.1 Å². The number of nitrogens with one attached hydrogen (secondary N) is 1. The smallest absolute Gasteiger partial charge is 0.410 e. The molecular weight excluding hydrogens is 323 g/mol. The van der Waals surface area contributed by atoms with E-state index in [1.165, 1.54) is 29.2 Å². The molecule has 1 heterocycles. The van der Waals surface area contributed by atoms with E-state index in [-0.39, 0.29) is 18.3 Å². The minimum atomic E-state index is -0.576. The van der Waals surface area contributed by atoms with Gasteiger partial charge in [-0.3, -0.25) is 9.69 Å². The van der Waals surface area contributed by atoms with Gasteiger partial charge in [0.2, 0.25) is 5.91 Å². The Morgan fingerprint density at radius 1 is 1.12 bits per heavy atom. The fourth-order valence-electron chi connectivity index (χ4n) is 2.82. The van der Waals surface area contributed by atoms with E-state index in [1.54, 1.807) is 0 Å². The molecule has 0 aromatic heterocycles. The van der Waals surface area contributed by atoms with E-state index in [9.17, 15) is 14.0 Å². The highest BCUT2D eigenvalue weighted by Crippen LogP contribution is 2.21. The van der Waals surface area contributed by atoms with Crippen molar-refractivity contribution in [1.82, 2.24) is 4.90 Å². The first-order valence-electron chi connectivity index (χ1n) is 8.17. The van der Waals surface area contributed by atoms with Gasteiger partial charge in [0.15, 0.2) is 0 Å². The second kappa shape index (κ2) is 7.79. The van der Waals surface area contributed by atoms with Gasteiger partial charge in [-0.15, -0.1) is 0 Å². The summed E-state index contributed by atoms with van der Waals surface area (Å²) in [4.78, 5) is 26.2. The maximum absolute atomic E-state index is 12.9. The number of nitrogens with zero attached hydrogens (tertiary/aromatic N) is 1. The highest BCUT2D eigenvalue weighted by atomic mass is 19.1. The third-order valence-electron chi connectivity index (χ3n) is 4.11. The highest BCUT2D eigenvalue weighted by Gasteiger charge is 2.35. The van der Waals surface area contributed by atoms with Crippen molar-refractivity contribution < 1.29 is 18.7 Å². The molecule has 2 amide bonds. The van der Waals surface area contributed by atoms with Crippen LogP contribution in [-0.2, 0) is 16.1 Å². The second-order valence-electron chi connectivity index (χ2n) is 5.89. The molecule has 25 heavy (non-hydrogen) atoms. The summed E-state index contributed by atoms with van der Waals surface area (Å²) in [5, 5.41) is 2.71. The van der Waals surface area contributed by atoms with Crippen LogP contribution in [0.25, 0.3) is 0 Å². The van der Waals surface area contributed by atoms with E-state index in [0.29, 0.717) is 18.7 Å². The number of carbonyl (C=O) groups excluding carboxylic acids is 2. The van der Waals surface area contributed by atoms with E-state index in [1.807, 2.05) is 30.3 Å². The number of hydrogen-bond acceptors (Lipinski definition) is 3. The monoisotopic (exact) mass is 342 g/mol. The summed E-state index contributed by atoms with van der Waals surface area (Å²) in [6.07, 6.45) is 0.815. The fraction of sp³-hybridized carbons (Fsp3) is 0.263. The Labute approximate surface area is 145 Å². The van der Waals surface area contributed by atoms with Crippen LogP contribution < -0.4 is 5.32 Å². The van der Waals surface area contributed by atoms with Crippen molar-refractivity contribution >= 4 is 17.7 Å². The molecule has 3 rings (SSSR count). The molecule has 1 saturated heterocycles. The lowest BCUT2D eigenvalue weighted by Crippen LogP contribution is -2.43. The minimum Gasteiger partial charge on any atom is -0.445 e. The molecule has 0 unspecified atom stereocenters. The molecule has 0 radical (unpaired) electrons. The largest absolute Gasteiger partial charge is 0.445 e. The Hall–Kier alpha value is -2.89. The second-order valence-corrected chi connectivity index (χ2v) is 5.89. The molecule has 5 nitrogen and oxygen atoms in total. The van der Waals surface area contributed by atoms with Crippen LogP contribution >= 0.6 is 0 Å². The molecule has 1 aliphatic rings. The summed E-state index contributed by atoms with van der Waals surface area (Å²) in [5.74, 6) is -0.661. The van der Waals surface area contributed by atoms with Crippen LogP contribution in [0.3, 0.4) is 0 Å². The zero-order chi connectivity index (χ0) is 17.6. The van der Waals surface area contributed by atoms with Crippen molar-refractivity contribution in [3.05, 3.63) is 66.0 Å². The quantitative estimate of drug-likeness (QED) is 0.924. The van der Waals surface area contributed by atoms with Crippen LogP contribution in [0.5, 0.6) is 0 Å². The number of likely N-dealkylation sites (tertiary alicyclic amines) is 1. The van der Waals surface area contributed by atoms with Gasteiger partial charge >= 0.3 is 6.09 Å². The number of ether oxygens (including phenoxy) is 1. The minimum absolute atomic E-state index is 0.169. The van der Waals surface area contributed by atoms with Gasteiger partial charge in [-0.25, -0.2) is 9.18 Å². The summed E-state index contributed by atoms with van der Waals surface area (Å²) < 4.78 is 18.3. The lowest BCUT2D eigenvalue weighted by atomic mass is 10.2. The maximum Gasteiger partial charge on any atom is 0.410 e. The van der Waals surface area contributed by atoms with Gasteiger partial charge in [-0.05, 0) is 42.7 Å². The molecule has 0 spiro atoms. The maximum atomic E-state index is 12.9. The molecule has 6 heteroatoms. The van der Waals surface area contributed by atoms with Crippen molar-refractivity contribution in [2.45, 2.75) is 25.5 Å². The Balaban J connectivity index is 1.58. The number of anilines is 1. The van der Waals surface area contributed by atoms with Crippen molar-refractivity contribution in [1.29, 1.82) is 0 Å². The molecule has 130 valence electrons. The normalized spacial score (nSPS) is 16.5. The van der Waals surface area contributed by atoms with Gasteiger partial charge in [0.1, 0.15) is 18.5 Å². The van der Waals surface area contributed by atoms with Crippen molar-refractivity contribution in [2.75, 3.05) is 11.9 Å². The highest BCUT2D eigenvalue weighted by molar-refractivity contribution is 5.96. The lowest BCUT2D eigenvalue weighted by molar-refractivity contribution is -0.120. The average molecular weight is 342 g/mol. The summed E-state index contributed by atoms with van der Waals surface area (Å²) in [6.45, 7) is 0.650. The summed E-state index contributed by atoms with van der Waals surface area (Å²) in [7, 11) is 0. The molecule has 0 saturated carbocycles. The molecule has 2 aromatic rings. The van der Waals surface area contributed by atoms with Gasteiger partial charge in [0, 0.05) is 12.2 Å². The van der Waals surface area contributed by atoms with E-state index >= 15 is 0 Å². The fourth-order valence-corrected chi connectivity index (χ4v) is 2.82. The molecule has 1 fully saturated rings. The molecule has 0 bridgehead atoms. The van der Waals surface area contributed by atoms with Gasteiger partial charge in [-0.1, -0.05) is 30.3 Å². The van der Waals surface area contributed by atoms with E-state index in [4.69, 9.17) is 4.74 Å². The van der Waals surface area contributed by atoms with Crippen molar-refractivity contribution in [3.8, 4) is 0 Å². The Morgan fingerprint density at radius 3 is 2.56 bits per heavy atom. The third-order valence-corrected chi connectivity index (χ3v) is 4.11. The zero-order valence-electron chi connectivity index (χ0n) is 13.7. The predicted octanol–water partition coefficient (Wildman–Crippen LogP) is 3.57. The van der Waals surface area contributed by atoms with Crippen LogP contribution in [-0.4, -0.2) is 29.5 Å². The Morgan fingerprint density at radius 2 is 1.84 bits per heavy atom. The molecule has 1 N–H and O–H groups in total. The first-order valence-corrected chi connectivity index (χ1v) is 8.17. The van der Waals surface area contributed by atoms with Gasteiger partial charge in [0.25, 0.3) is 0 Å². The molecule has 1 atom stereocenters. The standard InChI is InChI=1S/C19H19FN2O3/c20-15-8-10-16(11-9-15)21-18(23)17-7-4-12-22(17)19(24)25-13-14-5-2-1-3-6-14/h1-3,5-6,8-11,17H,4,7,12-13H2,(H,21,23)/t17-/m1/s1. The third kappa shape index (κ3) is 4.35. The van der Waals surface area contributed by atoms with Gasteiger partial charge in [0.05, 0.1) is 0 Å². The van der Waals surface area contributed by atoms with E-state index in [2.05, 4.69) is 5.32 Å². The zero-order valence-corrected chi connectivity index (χ0v) is 13.7. The summed E-state index contributed by atoms with van der Waals surface area (Å²) in [5.41, 5.74) is 1.39. The van der Waals surface area contributed by atoms with Crippen LogP contribution in [0.2, 0.25) is 0 Å². The van der Waals surface area contributed by atoms with Crippen LogP contribution in [0.4, 0.5) is 14.9 Å². The number of amides is 2. The molecule has 2 aromatic carbocycles. The van der Waals surface area contributed by atoms with Crippen molar-refractivity contribution in [2.24, 2.45) is 0 Å². The van der Waals surface area contributed by atoms with Gasteiger partial charge < -0.3 is 10.1 Å². The number of halogens is 1.